The molecule has 208 valence electrons. The van der Waals surface area contributed by atoms with Gasteiger partial charge in [-0.1, -0.05) is 18.2 Å². The summed E-state index contributed by atoms with van der Waals surface area (Å²) in [6, 6.07) is 8.93. The first-order valence-electron chi connectivity index (χ1n) is 12.3. The number of para-hydroxylation sites is 1. The molecule has 13 heteroatoms. The van der Waals surface area contributed by atoms with Crippen molar-refractivity contribution in [1.29, 1.82) is 0 Å². The number of thiophene rings is 2. The number of aromatic nitrogens is 2. The summed E-state index contributed by atoms with van der Waals surface area (Å²) in [4.78, 5) is 69.3. The van der Waals surface area contributed by atoms with Gasteiger partial charge in [0.25, 0.3) is 11.5 Å². The monoisotopic (exact) mass is 582 g/mol. The maximum Gasteiger partial charge on any atom is 0.348 e. The number of nitrogens with one attached hydrogen (secondary N) is 2. The fourth-order valence-electron chi connectivity index (χ4n) is 3.96. The number of ether oxygens (including phenoxy) is 2. The summed E-state index contributed by atoms with van der Waals surface area (Å²) in [6.45, 7) is 6.35. The number of fused-ring (bicyclic) bond motifs is 1. The number of carbonyl (C=O) groups excluding carboxylic acids is 4. The summed E-state index contributed by atoms with van der Waals surface area (Å²) in [5, 5.41) is 5.77. The fraction of sp³-hybridized carbons (Fsp3) is 0.259. The number of hydrogen-bond acceptors (Lipinski definition) is 10. The maximum absolute atomic E-state index is 13.3. The SMILES string of the molecule is CCOC(=O)c1sc(NC(=O)Cn2cnc3sc(C(=O)Nc4ccccc4)c(C)c3c2=O)c(C(=O)OCC)c1C. The van der Waals surface area contributed by atoms with Crippen molar-refractivity contribution in [1.82, 2.24) is 9.55 Å². The number of anilines is 2. The Morgan fingerprint density at radius 1 is 0.900 bits per heavy atom. The lowest BCUT2D eigenvalue weighted by molar-refractivity contribution is -0.116. The van der Waals surface area contributed by atoms with E-state index in [9.17, 15) is 24.0 Å². The van der Waals surface area contributed by atoms with Gasteiger partial charge in [-0.2, -0.15) is 0 Å². The molecular weight excluding hydrogens is 556 g/mol. The lowest BCUT2D eigenvalue weighted by atomic mass is 10.1. The third-order valence-corrected chi connectivity index (χ3v) is 8.20. The summed E-state index contributed by atoms with van der Waals surface area (Å²) in [5.41, 5.74) is 0.953. The van der Waals surface area contributed by atoms with Crippen molar-refractivity contribution in [3.63, 3.8) is 0 Å². The first-order chi connectivity index (χ1) is 19.2. The molecule has 0 bridgehead atoms. The van der Waals surface area contributed by atoms with Crippen molar-refractivity contribution >= 4 is 67.3 Å². The molecule has 2 N–H and O–H groups in total. The first kappa shape index (κ1) is 28.6. The van der Waals surface area contributed by atoms with Crippen LogP contribution in [0.15, 0.2) is 41.5 Å². The van der Waals surface area contributed by atoms with E-state index in [1.165, 1.54) is 6.33 Å². The van der Waals surface area contributed by atoms with Crippen LogP contribution in [0, 0.1) is 13.8 Å². The molecule has 3 heterocycles. The Balaban J connectivity index is 1.60. The van der Waals surface area contributed by atoms with Crippen LogP contribution in [0.3, 0.4) is 0 Å². The fourth-order valence-corrected chi connectivity index (χ4v) is 6.10. The Hall–Kier alpha value is -4.36. The van der Waals surface area contributed by atoms with Gasteiger partial charge < -0.3 is 20.1 Å². The number of rotatable bonds is 9. The summed E-state index contributed by atoms with van der Waals surface area (Å²) < 4.78 is 11.3. The Labute approximate surface area is 236 Å². The molecule has 0 aliphatic carbocycles. The van der Waals surface area contributed by atoms with Crippen LogP contribution in [-0.2, 0) is 20.8 Å². The van der Waals surface area contributed by atoms with Crippen LogP contribution in [-0.4, -0.2) is 46.5 Å². The Morgan fingerprint density at radius 2 is 1.57 bits per heavy atom. The highest BCUT2D eigenvalue weighted by Gasteiger charge is 2.28. The average molecular weight is 583 g/mol. The van der Waals surface area contributed by atoms with E-state index in [-0.39, 0.29) is 39.9 Å². The molecule has 0 fully saturated rings. The summed E-state index contributed by atoms with van der Waals surface area (Å²) in [7, 11) is 0. The number of nitrogens with zero attached hydrogens (tertiary/aromatic N) is 2. The zero-order valence-electron chi connectivity index (χ0n) is 22.2. The predicted molar refractivity (Wildman–Crippen MR) is 153 cm³/mol. The standard InChI is InChI=1S/C27H26N4O7S2/c1-5-37-26(35)19-15(4)21(27(36)38-6-2)40-24(19)30-17(32)12-31-13-28-23-18(25(31)34)14(3)20(39-23)22(33)29-16-10-8-7-9-11-16/h7-11,13H,5-6,12H2,1-4H3,(H,29,33)(H,30,32). The van der Waals surface area contributed by atoms with Crippen LogP contribution < -0.4 is 16.2 Å². The Bertz CT molecular complexity index is 1670. The molecule has 0 saturated carbocycles. The second kappa shape index (κ2) is 12.2. The van der Waals surface area contributed by atoms with E-state index >= 15 is 0 Å². The van der Waals surface area contributed by atoms with Gasteiger partial charge in [0, 0.05) is 5.69 Å². The van der Waals surface area contributed by atoms with Crippen LogP contribution in [0.2, 0.25) is 0 Å². The van der Waals surface area contributed by atoms with E-state index in [4.69, 9.17) is 9.47 Å². The molecule has 4 rings (SSSR count). The van der Waals surface area contributed by atoms with Gasteiger partial charge in [-0.15, -0.1) is 22.7 Å². The van der Waals surface area contributed by atoms with E-state index in [0.717, 1.165) is 27.2 Å². The molecule has 11 nitrogen and oxygen atoms in total. The smallest absolute Gasteiger partial charge is 0.348 e. The second-order valence-electron chi connectivity index (χ2n) is 8.48. The van der Waals surface area contributed by atoms with Gasteiger partial charge in [-0.3, -0.25) is 19.0 Å². The van der Waals surface area contributed by atoms with Gasteiger partial charge in [0.05, 0.1) is 35.4 Å². The van der Waals surface area contributed by atoms with E-state index in [1.807, 2.05) is 6.07 Å². The Kier molecular flexibility index (Phi) is 8.75. The number of amides is 2. The summed E-state index contributed by atoms with van der Waals surface area (Å²) >= 11 is 1.98. The predicted octanol–water partition coefficient (Wildman–Crippen LogP) is 4.38. The van der Waals surface area contributed by atoms with Crippen molar-refractivity contribution < 1.29 is 28.7 Å². The molecule has 0 radical (unpaired) electrons. The molecule has 2 amide bonds. The van der Waals surface area contributed by atoms with Crippen LogP contribution in [0.1, 0.15) is 54.7 Å². The average Bonchev–Trinajstić information content (AvgIpc) is 3.43. The lowest BCUT2D eigenvalue weighted by Gasteiger charge is -2.08. The molecule has 0 aliphatic rings. The zero-order valence-corrected chi connectivity index (χ0v) is 23.8. The van der Waals surface area contributed by atoms with Gasteiger partial charge in [-0.25, -0.2) is 14.6 Å². The molecule has 0 atom stereocenters. The number of carbonyl (C=O) groups is 4. The van der Waals surface area contributed by atoms with Crippen LogP contribution in [0.4, 0.5) is 10.7 Å². The lowest BCUT2D eigenvalue weighted by Crippen LogP contribution is -2.28. The highest BCUT2D eigenvalue weighted by molar-refractivity contribution is 7.20. The highest BCUT2D eigenvalue weighted by atomic mass is 32.1. The van der Waals surface area contributed by atoms with E-state index in [2.05, 4.69) is 15.6 Å². The Morgan fingerprint density at radius 3 is 2.25 bits per heavy atom. The van der Waals surface area contributed by atoms with Crippen molar-refractivity contribution in [2.45, 2.75) is 34.2 Å². The van der Waals surface area contributed by atoms with E-state index in [0.29, 0.717) is 26.5 Å². The molecule has 3 aromatic heterocycles. The van der Waals surface area contributed by atoms with Crippen molar-refractivity contribution in [3.05, 3.63) is 73.5 Å². The minimum Gasteiger partial charge on any atom is -0.462 e. The highest BCUT2D eigenvalue weighted by Crippen LogP contribution is 2.34. The summed E-state index contributed by atoms with van der Waals surface area (Å²) in [6.07, 6.45) is 1.23. The molecule has 40 heavy (non-hydrogen) atoms. The van der Waals surface area contributed by atoms with Gasteiger partial charge in [0.15, 0.2) is 0 Å². The van der Waals surface area contributed by atoms with Gasteiger partial charge in [0.2, 0.25) is 5.91 Å². The second-order valence-corrected chi connectivity index (χ2v) is 10.5. The number of esters is 2. The third-order valence-electron chi connectivity index (χ3n) is 5.81. The first-order valence-corrected chi connectivity index (χ1v) is 13.9. The zero-order chi connectivity index (χ0) is 29.0. The van der Waals surface area contributed by atoms with Crippen LogP contribution >= 0.6 is 22.7 Å². The molecule has 0 aliphatic heterocycles. The van der Waals surface area contributed by atoms with Crippen LogP contribution in [0.5, 0.6) is 0 Å². The molecule has 0 saturated heterocycles. The van der Waals surface area contributed by atoms with E-state index in [1.54, 1.807) is 52.0 Å². The quantitative estimate of drug-likeness (QED) is 0.277. The normalized spacial score (nSPS) is 10.8. The largest absolute Gasteiger partial charge is 0.462 e. The van der Waals surface area contributed by atoms with Crippen molar-refractivity contribution in [2.75, 3.05) is 23.8 Å². The van der Waals surface area contributed by atoms with Crippen molar-refractivity contribution in [3.8, 4) is 0 Å². The van der Waals surface area contributed by atoms with Gasteiger partial charge in [0.1, 0.15) is 21.3 Å². The maximum atomic E-state index is 13.3. The molecular formula is C27H26N4O7S2. The van der Waals surface area contributed by atoms with E-state index < -0.39 is 29.9 Å². The molecule has 0 unspecified atom stereocenters. The molecule has 0 spiro atoms. The third kappa shape index (κ3) is 5.80. The minimum absolute atomic E-state index is 0.0481. The van der Waals surface area contributed by atoms with Gasteiger partial charge in [-0.05, 0) is 51.0 Å². The minimum atomic E-state index is -0.697. The van der Waals surface area contributed by atoms with Crippen LogP contribution in [0.25, 0.3) is 10.2 Å². The number of aryl methyl sites for hydroxylation is 1. The number of hydrogen-bond donors (Lipinski definition) is 2. The molecule has 1 aromatic carbocycles. The molecule has 4 aromatic rings. The van der Waals surface area contributed by atoms with Crippen molar-refractivity contribution in [2.24, 2.45) is 0 Å². The summed E-state index contributed by atoms with van der Waals surface area (Å²) in [5.74, 6) is -2.31. The topological polar surface area (TPSA) is 146 Å². The number of benzene rings is 1. The van der Waals surface area contributed by atoms with Gasteiger partial charge >= 0.3 is 11.9 Å².